The number of anilines is 2. The maximum absolute atomic E-state index is 13.3. The second-order valence-electron chi connectivity index (χ2n) is 3.55. The fourth-order valence-electron chi connectivity index (χ4n) is 1.35. The highest BCUT2D eigenvalue weighted by Crippen LogP contribution is 2.22. The van der Waals surface area contributed by atoms with Gasteiger partial charge in [0.15, 0.2) is 0 Å². The lowest BCUT2D eigenvalue weighted by Crippen LogP contribution is -2.11. The second-order valence-corrected chi connectivity index (χ2v) is 4.84. The van der Waals surface area contributed by atoms with Crippen molar-refractivity contribution in [2.24, 2.45) is 5.73 Å². The molecule has 0 radical (unpaired) electrons. The molecule has 3 N–H and O–H groups in total. The lowest BCUT2D eigenvalue weighted by Gasteiger charge is -2.07. The molecule has 0 atom stereocenters. The van der Waals surface area contributed by atoms with Crippen LogP contribution in [0.5, 0.6) is 0 Å². The fraction of sp³-hybridized carbons (Fsp3) is 0. The zero-order chi connectivity index (χ0) is 13.1. The molecule has 0 aliphatic carbocycles. The van der Waals surface area contributed by atoms with Crippen LogP contribution in [0.15, 0.2) is 41.0 Å². The number of pyridine rings is 1. The molecule has 1 aromatic heterocycles. The molecule has 0 bridgehead atoms. The van der Waals surface area contributed by atoms with Crippen molar-refractivity contribution in [3.8, 4) is 0 Å². The Balaban J connectivity index is 2.18. The molecule has 0 unspecified atom stereocenters. The molecule has 1 aromatic carbocycles. The van der Waals surface area contributed by atoms with E-state index < -0.39 is 0 Å². The van der Waals surface area contributed by atoms with E-state index in [1.54, 1.807) is 30.5 Å². The summed E-state index contributed by atoms with van der Waals surface area (Å²) in [4.78, 5) is 4.33. The van der Waals surface area contributed by atoms with E-state index in [1.165, 1.54) is 6.07 Å². The van der Waals surface area contributed by atoms with Gasteiger partial charge in [-0.05, 0) is 46.3 Å². The van der Waals surface area contributed by atoms with Crippen LogP contribution in [0.3, 0.4) is 0 Å². The molecule has 1 heterocycles. The van der Waals surface area contributed by atoms with Gasteiger partial charge in [-0.1, -0.05) is 12.2 Å². The van der Waals surface area contributed by atoms with E-state index in [2.05, 4.69) is 26.2 Å². The Morgan fingerprint density at radius 2 is 2.00 bits per heavy atom. The maximum atomic E-state index is 13.3. The number of hydrogen-bond acceptors (Lipinski definition) is 3. The van der Waals surface area contributed by atoms with Crippen LogP contribution in [0.25, 0.3) is 0 Å². The van der Waals surface area contributed by atoms with Gasteiger partial charge in [0.1, 0.15) is 10.8 Å². The highest BCUT2D eigenvalue weighted by molar-refractivity contribution is 9.10. The monoisotopic (exact) mass is 325 g/mol. The number of benzene rings is 1. The summed E-state index contributed by atoms with van der Waals surface area (Å²) in [6.07, 6.45) is 1.59. The predicted molar refractivity (Wildman–Crippen MR) is 77.5 cm³/mol. The Kier molecular flexibility index (Phi) is 3.88. The second kappa shape index (κ2) is 5.41. The van der Waals surface area contributed by atoms with Crippen LogP contribution in [0.2, 0.25) is 0 Å². The average molecular weight is 326 g/mol. The number of rotatable bonds is 3. The summed E-state index contributed by atoms with van der Waals surface area (Å²) < 4.78 is 13.7. The number of nitrogens with zero attached hydrogens (tertiary/aromatic N) is 1. The van der Waals surface area contributed by atoms with Gasteiger partial charge in [0.05, 0.1) is 22.1 Å². The van der Waals surface area contributed by atoms with Gasteiger partial charge in [0.2, 0.25) is 0 Å². The van der Waals surface area contributed by atoms with Crippen molar-refractivity contribution in [1.82, 2.24) is 4.98 Å². The number of nitrogens with one attached hydrogen (secondary N) is 1. The van der Waals surface area contributed by atoms with Crippen LogP contribution in [0.1, 0.15) is 5.69 Å². The molecule has 0 aliphatic heterocycles. The van der Waals surface area contributed by atoms with Crippen molar-refractivity contribution in [3.05, 3.63) is 52.5 Å². The Morgan fingerprint density at radius 3 is 2.56 bits per heavy atom. The van der Waals surface area contributed by atoms with Crippen LogP contribution in [0.4, 0.5) is 15.8 Å². The quantitative estimate of drug-likeness (QED) is 0.849. The summed E-state index contributed by atoms with van der Waals surface area (Å²) in [6.45, 7) is 0. The normalized spacial score (nSPS) is 10.1. The molecule has 0 saturated heterocycles. The van der Waals surface area contributed by atoms with Crippen molar-refractivity contribution < 1.29 is 4.39 Å². The molecule has 6 heteroatoms. The largest absolute Gasteiger partial charge is 0.388 e. The molecule has 0 spiro atoms. The zero-order valence-corrected chi connectivity index (χ0v) is 11.6. The molecular formula is C12H9BrFN3S. The van der Waals surface area contributed by atoms with Gasteiger partial charge in [0.25, 0.3) is 0 Å². The van der Waals surface area contributed by atoms with Crippen molar-refractivity contribution >= 4 is 44.5 Å². The third-order valence-electron chi connectivity index (χ3n) is 2.22. The molecule has 0 aliphatic rings. The molecule has 0 amide bonds. The molecule has 18 heavy (non-hydrogen) atoms. The third kappa shape index (κ3) is 3.02. The van der Waals surface area contributed by atoms with E-state index in [4.69, 9.17) is 18.0 Å². The van der Waals surface area contributed by atoms with Crippen LogP contribution in [-0.2, 0) is 0 Å². The zero-order valence-electron chi connectivity index (χ0n) is 9.15. The van der Waals surface area contributed by atoms with E-state index in [1.807, 2.05) is 0 Å². The molecule has 3 nitrogen and oxygen atoms in total. The number of halogens is 2. The Labute approximate surface area is 117 Å². The van der Waals surface area contributed by atoms with E-state index in [0.717, 1.165) is 5.69 Å². The van der Waals surface area contributed by atoms with E-state index in [0.29, 0.717) is 15.9 Å². The van der Waals surface area contributed by atoms with Gasteiger partial charge >= 0.3 is 0 Å². The highest BCUT2D eigenvalue weighted by Gasteiger charge is 2.02. The molecule has 2 aromatic rings. The van der Waals surface area contributed by atoms with Crippen LogP contribution in [-0.4, -0.2) is 9.97 Å². The first-order chi connectivity index (χ1) is 8.56. The van der Waals surface area contributed by atoms with Crippen LogP contribution >= 0.6 is 28.1 Å². The topological polar surface area (TPSA) is 50.9 Å². The fourth-order valence-corrected chi connectivity index (χ4v) is 1.72. The van der Waals surface area contributed by atoms with Crippen LogP contribution < -0.4 is 11.1 Å². The first-order valence-electron chi connectivity index (χ1n) is 5.04. The first kappa shape index (κ1) is 12.9. The summed E-state index contributed by atoms with van der Waals surface area (Å²) >= 11 is 7.90. The van der Waals surface area contributed by atoms with Gasteiger partial charge in [-0.25, -0.2) is 4.39 Å². The predicted octanol–water partition coefficient (Wildman–Crippen LogP) is 3.36. The van der Waals surface area contributed by atoms with Crippen molar-refractivity contribution in [1.29, 1.82) is 0 Å². The van der Waals surface area contributed by atoms with E-state index in [9.17, 15) is 4.39 Å². The minimum atomic E-state index is -0.326. The number of nitrogens with two attached hydrogens (primary N) is 1. The minimum absolute atomic E-state index is 0.247. The van der Waals surface area contributed by atoms with Gasteiger partial charge in [-0.15, -0.1) is 0 Å². The Morgan fingerprint density at radius 1 is 1.28 bits per heavy atom. The Bertz CT molecular complexity index is 586. The summed E-state index contributed by atoms with van der Waals surface area (Å²) in [7, 11) is 0. The first-order valence-corrected chi connectivity index (χ1v) is 6.24. The SMILES string of the molecule is NC(=S)c1ccc(Nc2ccc(Br)c(F)c2)cn1. The summed E-state index contributed by atoms with van der Waals surface area (Å²) in [5.74, 6) is -0.326. The molecule has 0 saturated carbocycles. The van der Waals surface area contributed by atoms with Crippen molar-refractivity contribution in [3.63, 3.8) is 0 Å². The van der Waals surface area contributed by atoms with Crippen LogP contribution in [0, 0.1) is 5.82 Å². The van der Waals surface area contributed by atoms with Crippen molar-refractivity contribution in [2.45, 2.75) is 0 Å². The summed E-state index contributed by atoms with van der Waals surface area (Å²) in [5.41, 5.74) is 7.37. The lowest BCUT2D eigenvalue weighted by molar-refractivity contribution is 0.622. The summed E-state index contributed by atoms with van der Waals surface area (Å²) in [6, 6.07) is 8.27. The highest BCUT2D eigenvalue weighted by atomic mass is 79.9. The lowest BCUT2D eigenvalue weighted by atomic mass is 10.3. The average Bonchev–Trinajstić information content (AvgIpc) is 2.34. The maximum Gasteiger partial charge on any atom is 0.139 e. The summed E-state index contributed by atoms with van der Waals surface area (Å²) in [5, 5.41) is 3.03. The molecule has 2 rings (SSSR count). The molecular weight excluding hydrogens is 317 g/mol. The van der Waals surface area contributed by atoms with Crippen molar-refractivity contribution in [2.75, 3.05) is 5.32 Å². The number of aromatic nitrogens is 1. The number of hydrogen-bond donors (Lipinski definition) is 2. The van der Waals surface area contributed by atoms with Gasteiger partial charge in [-0.3, -0.25) is 4.98 Å². The van der Waals surface area contributed by atoms with Gasteiger partial charge in [-0.2, -0.15) is 0 Å². The van der Waals surface area contributed by atoms with Gasteiger partial charge in [0, 0.05) is 5.69 Å². The molecule has 0 fully saturated rings. The Hall–Kier alpha value is -1.53. The number of thiocarbonyl (C=S) groups is 1. The van der Waals surface area contributed by atoms with E-state index >= 15 is 0 Å². The third-order valence-corrected chi connectivity index (χ3v) is 3.08. The van der Waals surface area contributed by atoms with E-state index in [-0.39, 0.29) is 10.8 Å². The smallest absolute Gasteiger partial charge is 0.139 e. The molecule has 92 valence electrons. The standard InChI is InChI=1S/C12H9BrFN3S/c13-9-3-1-7(5-10(9)14)17-8-2-4-11(12(15)18)16-6-8/h1-6,17H,(H2,15,18). The minimum Gasteiger partial charge on any atom is -0.388 e. The van der Waals surface area contributed by atoms with Gasteiger partial charge < -0.3 is 11.1 Å².